The fourth-order valence-corrected chi connectivity index (χ4v) is 3.55. The lowest BCUT2D eigenvalue weighted by Crippen LogP contribution is -2.40. The molecule has 1 N–H and O–H groups in total. The van der Waals surface area contributed by atoms with E-state index in [-0.39, 0.29) is 0 Å². The predicted octanol–water partition coefficient (Wildman–Crippen LogP) is 2.76. The van der Waals surface area contributed by atoms with Gasteiger partial charge in [0.1, 0.15) is 0 Å². The zero-order valence-electron chi connectivity index (χ0n) is 12.4. The van der Waals surface area contributed by atoms with Gasteiger partial charge in [-0.25, -0.2) is 0 Å². The smallest absolute Gasteiger partial charge is 0.241 e. The predicted molar refractivity (Wildman–Crippen MR) is 84.2 cm³/mol. The molecule has 1 atom stereocenters. The molecule has 3 rings (SSSR count). The van der Waals surface area contributed by atoms with Crippen LogP contribution in [-0.2, 0) is 6.54 Å². The van der Waals surface area contributed by atoms with Crippen molar-refractivity contribution in [2.75, 3.05) is 20.1 Å². The number of aromatic nitrogens is 2. The highest BCUT2D eigenvalue weighted by molar-refractivity contribution is 7.13. The second-order valence-corrected chi connectivity index (χ2v) is 6.45. The first-order valence-electron chi connectivity index (χ1n) is 7.62. The van der Waals surface area contributed by atoms with Crippen molar-refractivity contribution in [3.05, 3.63) is 23.4 Å². The summed E-state index contributed by atoms with van der Waals surface area (Å²) in [5.41, 5.74) is 0. The molecule has 6 heteroatoms. The van der Waals surface area contributed by atoms with Crippen LogP contribution in [0.1, 0.15) is 31.6 Å². The Morgan fingerprint density at radius 3 is 3.24 bits per heavy atom. The lowest BCUT2D eigenvalue weighted by atomic mass is 9.99. The van der Waals surface area contributed by atoms with Crippen molar-refractivity contribution in [1.82, 2.24) is 20.4 Å². The van der Waals surface area contributed by atoms with Crippen LogP contribution in [0.4, 0.5) is 0 Å². The second-order valence-electron chi connectivity index (χ2n) is 5.50. The molecule has 0 amide bonds. The Kier molecular flexibility index (Phi) is 5.00. The molecule has 0 saturated carbocycles. The topological polar surface area (TPSA) is 54.2 Å². The summed E-state index contributed by atoms with van der Waals surface area (Å²) < 4.78 is 5.43. The van der Waals surface area contributed by atoms with E-state index in [0.717, 1.165) is 30.4 Å². The van der Waals surface area contributed by atoms with Gasteiger partial charge < -0.3 is 9.84 Å². The molecule has 1 aliphatic rings. The first kappa shape index (κ1) is 14.7. The molecule has 114 valence electrons. The van der Waals surface area contributed by atoms with Gasteiger partial charge in [-0.1, -0.05) is 17.6 Å². The standard InChI is InChI=1S/C15H22N4OS/c1-16-8-7-12-5-2-3-9-19(12)11-14-17-15(18-20-14)13-6-4-10-21-13/h4,6,10,12,16H,2-3,5,7-9,11H2,1H3. The summed E-state index contributed by atoms with van der Waals surface area (Å²) in [5, 5.41) is 9.37. The van der Waals surface area contributed by atoms with Gasteiger partial charge in [0.25, 0.3) is 0 Å². The van der Waals surface area contributed by atoms with Crippen molar-refractivity contribution in [3.63, 3.8) is 0 Å². The van der Waals surface area contributed by atoms with Crippen LogP contribution in [0.25, 0.3) is 10.7 Å². The Morgan fingerprint density at radius 2 is 2.43 bits per heavy atom. The highest BCUT2D eigenvalue weighted by Gasteiger charge is 2.24. The third-order valence-electron chi connectivity index (χ3n) is 4.02. The van der Waals surface area contributed by atoms with Crippen LogP contribution < -0.4 is 5.32 Å². The minimum absolute atomic E-state index is 0.628. The molecule has 0 aromatic carbocycles. The molecule has 21 heavy (non-hydrogen) atoms. The van der Waals surface area contributed by atoms with E-state index in [0.29, 0.717) is 11.9 Å². The van der Waals surface area contributed by atoms with Gasteiger partial charge >= 0.3 is 0 Å². The third kappa shape index (κ3) is 3.70. The fraction of sp³-hybridized carbons (Fsp3) is 0.600. The number of rotatable bonds is 6. The monoisotopic (exact) mass is 306 g/mol. The van der Waals surface area contributed by atoms with Gasteiger partial charge in [-0.2, -0.15) is 4.98 Å². The van der Waals surface area contributed by atoms with Crippen LogP contribution in [0.15, 0.2) is 22.0 Å². The fourth-order valence-electron chi connectivity index (χ4n) is 2.90. The quantitative estimate of drug-likeness (QED) is 0.889. The molecular weight excluding hydrogens is 284 g/mol. The lowest BCUT2D eigenvalue weighted by Gasteiger charge is -2.34. The Balaban J connectivity index is 1.64. The Bertz CT molecular complexity index is 540. The van der Waals surface area contributed by atoms with E-state index < -0.39 is 0 Å². The summed E-state index contributed by atoms with van der Waals surface area (Å²) in [4.78, 5) is 8.09. The maximum absolute atomic E-state index is 5.43. The summed E-state index contributed by atoms with van der Waals surface area (Å²) in [6.45, 7) is 2.96. The van der Waals surface area contributed by atoms with E-state index in [9.17, 15) is 0 Å². The molecule has 0 aliphatic carbocycles. The molecule has 1 aliphatic heterocycles. The van der Waals surface area contributed by atoms with Crippen LogP contribution in [0, 0.1) is 0 Å². The Hall–Kier alpha value is -1.24. The molecule has 5 nitrogen and oxygen atoms in total. The van der Waals surface area contributed by atoms with Gasteiger partial charge in [0.05, 0.1) is 11.4 Å². The highest BCUT2D eigenvalue weighted by Crippen LogP contribution is 2.24. The largest absolute Gasteiger partial charge is 0.338 e. The maximum Gasteiger partial charge on any atom is 0.241 e. The van der Waals surface area contributed by atoms with E-state index >= 15 is 0 Å². The number of hydrogen-bond acceptors (Lipinski definition) is 6. The van der Waals surface area contributed by atoms with E-state index in [1.54, 1.807) is 11.3 Å². The van der Waals surface area contributed by atoms with Gasteiger partial charge in [-0.05, 0) is 50.8 Å². The molecule has 3 heterocycles. The van der Waals surface area contributed by atoms with E-state index in [2.05, 4.69) is 20.4 Å². The van der Waals surface area contributed by atoms with Crippen LogP contribution in [-0.4, -0.2) is 41.2 Å². The van der Waals surface area contributed by atoms with E-state index in [1.165, 1.54) is 25.7 Å². The summed E-state index contributed by atoms with van der Waals surface area (Å²) in [6, 6.07) is 4.66. The van der Waals surface area contributed by atoms with Gasteiger partial charge in [-0.15, -0.1) is 11.3 Å². The SMILES string of the molecule is CNCCC1CCCCN1Cc1nc(-c2cccs2)no1. The van der Waals surface area contributed by atoms with Crippen LogP contribution in [0.5, 0.6) is 0 Å². The van der Waals surface area contributed by atoms with Crippen LogP contribution in [0.3, 0.4) is 0 Å². The van der Waals surface area contributed by atoms with Crippen LogP contribution in [0.2, 0.25) is 0 Å². The molecule has 0 radical (unpaired) electrons. The Labute approximate surface area is 129 Å². The Morgan fingerprint density at radius 1 is 1.48 bits per heavy atom. The summed E-state index contributed by atoms with van der Waals surface area (Å²) >= 11 is 1.64. The first-order valence-corrected chi connectivity index (χ1v) is 8.50. The van der Waals surface area contributed by atoms with Crippen molar-refractivity contribution in [2.45, 2.75) is 38.3 Å². The maximum atomic E-state index is 5.43. The average Bonchev–Trinajstić information content (AvgIpc) is 3.17. The first-order chi connectivity index (χ1) is 10.4. The van der Waals surface area contributed by atoms with Crippen molar-refractivity contribution in [3.8, 4) is 10.7 Å². The molecule has 1 saturated heterocycles. The molecule has 2 aromatic heterocycles. The summed E-state index contributed by atoms with van der Waals surface area (Å²) in [7, 11) is 2.01. The molecule has 1 unspecified atom stereocenters. The van der Waals surface area contributed by atoms with Crippen molar-refractivity contribution in [2.24, 2.45) is 0 Å². The third-order valence-corrected chi connectivity index (χ3v) is 4.89. The lowest BCUT2D eigenvalue weighted by molar-refractivity contribution is 0.117. The summed E-state index contributed by atoms with van der Waals surface area (Å²) in [6.07, 6.45) is 5.05. The number of likely N-dealkylation sites (tertiary alicyclic amines) is 1. The average molecular weight is 306 g/mol. The van der Waals surface area contributed by atoms with Crippen molar-refractivity contribution >= 4 is 11.3 Å². The molecule has 0 spiro atoms. The molecule has 2 aromatic rings. The minimum Gasteiger partial charge on any atom is -0.338 e. The minimum atomic E-state index is 0.628. The number of piperidine rings is 1. The second kappa shape index (κ2) is 7.15. The van der Waals surface area contributed by atoms with Crippen molar-refractivity contribution in [1.29, 1.82) is 0 Å². The number of thiophene rings is 1. The van der Waals surface area contributed by atoms with Crippen molar-refractivity contribution < 1.29 is 4.52 Å². The summed E-state index contributed by atoms with van der Waals surface area (Å²) in [5.74, 6) is 1.44. The number of nitrogens with zero attached hydrogens (tertiary/aromatic N) is 3. The normalized spacial score (nSPS) is 20.0. The number of nitrogens with one attached hydrogen (secondary N) is 1. The van der Waals surface area contributed by atoms with E-state index in [1.807, 2.05) is 24.6 Å². The van der Waals surface area contributed by atoms with Gasteiger partial charge in [0.2, 0.25) is 11.7 Å². The van der Waals surface area contributed by atoms with Crippen LogP contribution >= 0.6 is 11.3 Å². The van der Waals surface area contributed by atoms with Gasteiger partial charge in [0.15, 0.2) is 0 Å². The molecule has 0 bridgehead atoms. The zero-order chi connectivity index (χ0) is 14.5. The number of hydrogen-bond donors (Lipinski definition) is 1. The molecule has 1 fully saturated rings. The van der Waals surface area contributed by atoms with E-state index in [4.69, 9.17) is 4.52 Å². The highest BCUT2D eigenvalue weighted by atomic mass is 32.1. The zero-order valence-corrected chi connectivity index (χ0v) is 13.2. The van der Waals surface area contributed by atoms with Gasteiger partial charge in [0, 0.05) is 6.04 Å². The molecular formula is C15H22N4OS. The van der Waals surface area contributed by atoms with Gasteiger partial charge in [-0.3, -0.25) is 4.90 Å².